The van der Waals surface area contributed by atoms with Crippen LogP contribution in [-0.4, -0.2) is 41.9 Å². The summed E-state index contributed by atoms with van der Waals surface area (Å²) in [4.78, 5) is 18.9. The number of anilines is 1. The van der Waals surface area contributed by atoms with E-state index in [9.17, 15) is 5.11 Å². The lowest BCUT2D eigenvalue weighted by Gasteiger charge is -2.20. The molecule has 0 aliphatic carbocycles. The summed E-state index contributed by atoms with van der Waals surface area (Å²) in [5.74, 6) is 2.63. The smallest absolute Gasteiger partial charge is 0.171 e. The Labute approximate surface area is 185 Å². The molecule has 3 aromatic heterocycles. The second-order valence-corrected chi connectivity index (χ2v) is 9.44. The summed E-state index contributed by atoms with van der Waals surface area (Å²) < 4.78 is 2.23. The predicted octanol–water partition coefficient (Wildman–Crippen LogP) is 4.40. The Balaban J connectivity index is 1.55. The number of aryl methyl sites for hydroxylation is 1. The minimum absolute atomic E-state index is 0.0610. The summed E-state index contributed by atoms with van der Waals surface area (Å²) in [6.07, 6.45) is 4.44. The quantitative estimate of drug-likeness (QED) is 0.483. The van der Waals surface area contributed by atoms with E-state index in [0.29, 0.717) is 12.4 Å². The largest absolute Gasteiger partial charge is 0.508 e. The molecular formula is C23H24N6OS. The molecule has 0 bridgehead atoms. The standard InChI is InChI=1S/C23H24N6OS/c1-14-10-16(12-24-11-14)19-27-20(25-9-8-15-4-6-17(30)7-5-15)18-21(28-19)29-22(26-18)31-13-23(29,2)3/h4-7,10-12,30H,8-9,13H2,1-3H3,(H,25,27,28). The topological polar surface area (TPSA) is 88.8 Å². The SMILES string of the molecule is Cc1cncc(-c2nc(NCCc3ccc(O)cc3)c3nc4n(c3n2)C(C)(C)CS4)c1. The van der Waals surface area contributed by atoms with Gasteiger partial charge in [-0.25, -0.2) is 15.0 Å². The number of imidazole rings is 1. The average Bonchev–Trinajstić information content (AvgIpc) is 3.27. The van der Waals surface area contributed by atoms with Crippen molar-refractivity contribution in [3.63, 3.8) is 0 Å². The highest BCUT2D eigenvalue weighted by atomic mass is 32.2. The molecule has 158 valence electrons. The molecular weight excluding hydrogens is 408 g/mol. The monoisotopic (exact) mass is 432 g/mol. The van der Waals surface area contributed by atoms with Gasteiger partial charge < -0.3 is 10.4 Å². The Bertz CT molecular complexity index is 1270. The van der Waals surface area contributed by atoms with E-state index in [1.165, 1.54) is 0 Å². The Hall–Kier alpha value is -3.13. The van der Waals surface area contributed by atoms with Crippen molar-refractivity contribution in [3.8, 4) is 17.1 Å². The fourth-order valence-corrected chi connectivity index (χ4v) is 5.03. The van der Waals surface area contributed by atoms with Crippen LogP contribution in [0.2, 0.25) is 0 Å². The first kappa shape index (κ1) is 19.8. The lowest BCUT2D eigenvalue weighted by atomic mass is 10.1. The molecule has 0 radical (unpaired) electrons. The molecule has 31 heavy (non-hydrogen) atoms. The number of nitrogens with zero attached hydrogens (tertiary/aromatic N) is 5. The molecule has 0 saturated carbocycles. The van der Waals surface area contributed by atoms with Crippen molar-refractivity contribution in [2.75, 3.05) is 17.6 Å². The highest BCUT2D eigenvalue weighted by molar-refractivity contribution is 7.99. The number of rotatable bonds is 5. The van der Waals surface area contributed by atoms with Gasteiger partial charge in [0.2, 0.25) is 0 Å². The van der Waals surface area contributed by atoms with Crippen LogP contribution >= 0.6 is 11.8 Å². The lowest BCUT2D eigenvalue weighted by molar-refractivity contribution is 0.404. The zero-order valence-electron chi connectivity index (χ0n) is 17.8. The van der Waals surface area contributed by atoms with Crippen molar-refractivity contribution >= 4 is 28.7 Å². The molecule has 1 aliphatic rings. The molecule has 1 aromatic carbocycles. The van der Waals surface area contributed by atoms with Gasteiger partial charge in [-0.2, -0.15) is 0 Å². The van der Waals surface area contributed by atoms with Gasteiger partial charge in [0.15, 0.2) is 28.0 Å². The second kappa shape index (κ2) is 7.53. The molecule has 0 amide bonds. The molecule has 0 fully saturated rings. The van der Waals surface area contributed by atoms with E-state index in [1.807, 2.05) is 25.3 Å². The van der Waals surface area contributed by atoms with Crippen LogP contribution in [0.5, 0.6) is 5.75 Å². The van der Waals surface area contributed by atoms with Crippen molar-refractivity contribution in [1.82, 2.24) is 24.5 Å². The van der Waals surface area contributed by atoms with Gasteiger partial charge in [-0.15, -0.1) is 0 Å². The van der Waals surface area contributed by atoms with Crippen molar-refractivity contribution in [1.29, 1.82) is 0 Å². The normalized spacial score (nSPS) is 14.7. The summed E-state index contributed by atoms with van der Waals surface area (Å²) in [6, 6.07) is 9.33. The van der Waals surface area contributed by atoms with Gasteiger partial charge in [0.25, 0.3) is 0 Å². The van der Waals surface area contributed by atoms with E-state index in [1.54, 1.807) is 30.1 Å². The van der Waals surface area contributed by atoms with Crippen molar-refractivity contribution in [3.05, 3.63) is 53.9 Å². The van der Waals surface area contributed by atoms with Gasteiger partial charge in [-0.05, 0) is 56.5 Å². The van der Waals surface area contributed by atoms with Gasteiger partial charge in [0, 0.05) is 30.3 Å². The number of aromatic hydroxyl groups is 1. The van der Waals surface area contributed by atoms with Gasteiger partial charge in [-0.3, -0.25) is 9.55 Å². The second-order valence-electron chi connectivity index (χ2n) is 8.49. The molecule has 5 rings (SSSR count). The number of hydrogen-bond acceptors (Lipinski definition) is 7. The Morgan fingerprint density at radius 2 is 1.94 bits per heavy atom. The molecule has 0 saturated heterocycles. The summed E-state index contributed by atoms with van der Waals surface area (Å²) in [7, 11) is 0. The zero-order valence-corrected chi connectivity index (χ0v) is 18.6. The van der Waals surface area contributed by atoms with E-state index in [4.69, 9.17) is 15.0 Å². The summed E-state index contributed by atoms with van der Waals surface area (Å²) in [5.41, 5.74) is 4.69. The van der Waals surface area contributed by atoms with Crippen LogP contribution in [0.1, 0.15) is 25.0 Å². The highest BCUT2D eigenvalue weighted by Crippen LogP contribution is 2.41. The highest BCUT2D eigenvalue weighted by Gasteiger charge is 2.35. The van der Waals surface area contributed by atoms with Crippen LogP contribution in [0.25, 0.3) is 22.6 Å². The first-order valence-corrected chi connectivity index (χ1v) is 11.3. The third-order valence-corrected chi connectivity index (χ3v) is 6.79. The predicted molar refractivity (Wildman–Crippen MR) is 124 cm³/mol. The number of pyridine rings is 1. The molecule has 8 heteroatoms. The first-order chi connectivity index (χ1) is 14.9. The number of phenols is 1. The van der Waals surface area contributed by atoms with Gasteiger partial charge in [0.05, 0.1) is 5.54 Å². The first-order valence-electron chi connectivity index (χ1n) is 10.3. The van der Waals surface area contributed by atoms with E-state index in [2.05, 4.69) is 34.8 Å². The molecule has 4 heterocycles. The Morgan fingerprint density at radius 1 is 1.13 bits per heavy atom. The van der Waals surface area contributed by atoms with Crippen LogP contribution in [0, 0.1) is 6.92 Å². The van der Waals surface area contributed by atoms with Crippen molar-refractivity contribution in [2.24, 2.45) is 0 Å². The van der Waals surface area contributed by atoms with E-state index < -0.39 is 0 Å². The zero-order chi connectivity index (χ0) is 21.6. The van der Waals surface area contributed by atoms with Crippen LogP contribution < -0.4 is 5.32 Å². The maximum Gasteiger partial charge on any atom is 0.171 e. The van der Waals surface area contributed by atoms with Crippen LogP contribution in [0.3, 0.4) is 0 Å². The van der Waals surface area contributed by atoms with Crippen molar-refractivity contribution < 1.29 is 5.11 Å². The molecule has 4 aromatic rings. The van der Waals surface area contributed by atoms with Crippen LogP contribution in [-0.2, 0) is 12.0 Å². The Morgan fingerprint density at radius 3 is 2.71 bits per heavy atom. The van der Waals surface area contributed by atoms with Crippen molar-refractivity contribution in [2.45, 2.75) is 37.9 Å². The van der Waals surface area contributed by atoms with Gasteiger partial charge in [0.1, 0.15) is 5.75 Å². The summed E-state index contributed by atoms with van der Waals surface area (Å²) in [5, 5.41) is 13.9. The third-order valence-electron chi connectivity index (χ3n) is 5.41. The number of fused-ring (bicyclic) bond motifs is 3. The molecule has 0 unspecified atom stereocenters. The van der Waals surface area contributed by atoms with E-state index >= 15 is 0 Å². The number of nitrogens with one attached hydrogen (secondary N) is 1. The lowest BCUT2D eigenvalue weighted by Crippen LogP contribution is -2.24. The number of benzene rings is 1. The maximum absolute atomic E-state index is 9.49. The number of phenolic OH excluding ortho intramolecular Hbond substituents is 1. The fraction of sp³-hybridized carbons (Fsp3) is 0.304. The summed E-state index contributed by atoms with van der Waals surface area (Å²) >= 11 is 1.76. The van der Waals surface area contributed by atoms with E-state index in [-0.39, 0.29) is 11.3 Å². The summed E-state index contributed by atoms with van der Waals surface area (Å²) in [6.45, 7) is 7.14. The van der Waals surface area contributed by atoms with Crippen LogP contribution in [0.4, 0.5) is 5.82 Å². The van der Waals surface area contributed by atoms with E-state index in [0.717, 1.165) is 51.0 Å². The molecule has 0 spiro atoms. The minimum atomic E-state index is -0.0610. The average molecular weight is 433 g/mol. The molecule has 7 nitrogen and oxygen atoms in total. The number of thioether (sulfide) groups is 1. The van der Waals surface area contributed by atoms with Gasteiger partial charge in [-0.1, -0.05) is 23.9 Å². The number of hydrogen-bond donors (Lipinski definition) is 2. The fourth-order valence-electron chi connectivity index (χ4n) is 3.80. The maximum atomic E-state index is 9.49. The third kappa shape index (κ3) is 3.72. The number of aromatic nitrogens is 5. The van der Waals surface area contributed by atoms with Gasteiger partial charge >= 0.3 is 0 Å². The Kier molecular flexibility index (Phi) is 4.81. The van der Waals surface area contributed by atoms with Crippen LogP contribution in [0.15, 0.2) is 47.9 Å². The minimum Gasteiger partial charge on any atom is -0.508 e. The molecule has 2 N–H and O–H groups in total. The molecule has 1 aliphatic heterocycles. The molecule has 0 atom stereocenters.